The molecule has 0 aromatic carbocycles. The molecule has 1 aromatic rings. The van der Waals surface area contributed by atoms with Gasteiger partial charge in [0.1, 0.15) is 0 Å². The fourth-order valence-corrected chi connectivity index (χ4v) is 0.649. The zero-order valence-corrected chi connectivity index (χ0v) is 7.10. The summed E-state index contributed by atoms with van der Waals surface area (Å²) in [6.07, 6.45) is 2.46. The molecule has 1 heterocycles. The van der Waals surface area contributed by atoms with Crippen molar-refractivity contribution in [2.75, 3.05) is 7.11 Å². The van der Waals surface area contributed by atoms with Crippen molar-refractivity contribution in [3.8, 4) is 0 Å². The van der Waals surface area contributed by atoms with Crippen LogP contribution in [-0.4, -0.2) is 24.4 Å². The van der Waals surface area contributed by atoms with Gasteiger partial charge in [0, 0.05) is 6.20 Å². The van der Waals surface area contributed by atoms with Gasteiger partial charge in [0.15, 0.2) is 0 Å². The minimum atomic E-state index is -0.604. The number of hydrazone groups is 1. The van der Waals surface area contributed by atoms with Gasteiger partial charge in [-0.15, -0.1) is 0 Å². The average molecular weight is 179 g/mol. The number of rotatable bonds is 2. The van der Waals surface area contributed by atoms with Crippen molar-refractivity contribution in [1.29, 1.82) is 0 Å². The first-order chi connectivity index (χ1) is 6.33. The van der Waals surface area contributed by atoms with Gasteiger partial charge >= 0.3 is 6.09 Å². The minimum absolute atomic E-state index is 0.604. The number of pyridine rings is 1. The summed E-state index contributed by atoms with van der Waals surface area (Å²) in [7, 11) is 1.27. The Balaban J connectivity index is 2.45. The number of nitrogens with one attached hydrogen (secondary N) is 1. The van der Waals surface area contributed by atoms with Crippen LogP contribution in [0.1, 0.15) is 5.69 Å². The third kappa shape index (κ3) is 3.33. The van der Waals surface area contributed by atoms with Gasteiger partial charge in [0.25, 0.3) is 0 Å². The average Bonchev–Trinajstić information content (AvgIpc) is 2.19. The summed E-state index contributed by atoms with van der Waals surface area (Å²) in [6, 6.07) is 5.39. The molecule has 68 valence electrons. The van der Waals surface area contributed by atoms with Crippen molar-refractivity contribution in [2.45, 2.75) is 0 Å². The lowest BCUT2D eigenvalue weighted by atomic mass is 10.4. The summed E-state index contributed by atoms with van der Waals surface area (Å²) in [5.74, 6) is 0. The second kappa shape index (κ2) is 4.87. The highest BCUT2D eigenvalue weighted by atomic mass is 16.5. The minimum Gasteiger partial charge on any atom is -0.452 e. The Morgan fingerprint density at radius 2 is 2.54 bits per heavy atom. The van der Waals surface area contributed by atoms with Gasteiger partial charge in [0.2, 0.25) is 0 Å². The zero-order chi connectivity index (χ0) is 9.52. The van der Waals surface area contributed by atoms with E-state index in [1.54, 1.807) is 18.3 Å². The Morgan fingerprint density at radius 1 is 1.69 bits per heavy atom. The number of methoxy groups -OCH3 is 1. The lowest BCUT2D eigenvalue weighted by molar-refractivity contribution is 0.171. The Bertz CT molecular complexity index is 298. The third-order valence-electron chi connectivity index (χ3n) is 1.23. The second-order valence-corrected chi connectivity index (χ2v) is 2.12. The lowest BCUT2D eigenvalue weighted by Gasteiger charge is -1.94. The van der Waals surface area contributed by atoms with E-state index >= 15 is 0 Å². The molecule has 1 aromatic heterocycles. The summed E-state index contributed by atoms with van der Waals surface area (Å²) in [6.45, 7) is 0. The molecule has 0 saturated carbocycles. The molecular formula is C8H9N3O2. The molecule has 0 aliphatic rings. The maximum Gasteiger partial charge on any atom is 0.427 e. The first-order valence-electron chi connectivity index (χ1n) is 3.61. The molecule has 1 N–H and O–H groups in total. The van der Waals surface area contributed by atoms with Crippen molar-refractivity contribution in [3.63, 3.8) is 0 Å². The van der Waals surface area contributed by atoms with Crippen LogP contribution in [0.4, 0.5) is 4.79 Å². The number of ether oxygens (including phenoxy) is 1. The van der Waals surface area contributed by atoms with Gasteiger partial charge < -0.3 is 4.74 Å². The van der Waals surface area contributed by atoms with Crippen LogP contribution in [0.2, 0.25) is 0 Å². The summed E-state index contributed by atoms with van der Waals surface area (Å²) >= 11 is 0. The van der Waals surface area contributed by atoms with E-state index in [9.17, 15) is 4.79 Å². The Morgan fingerprint density at radius 3 is 3.15 bits per heavy atom. The number of carbonyl (C=O) groups excluding carboxylic acids is 1. The van der Waals surface area contributed by atoms with E-state index in [1.165, 1.54) is 13.3 Å². The predicted octanol–water partition coefficient (Wildman–Crippen LogP) is 0.772. The molecule has 13 heavy (non-hydrogen) atoms. The molecule has 0 atom stereocenters. The number of hydrogen-bond donors (Lipinski definition) is 1. The van der Waals surface area contributed by atoms with Gasteiger partial charge in [-0.1, -0.05) is 6.07 Å². The van der Waals surface area contributed by atoms with E-state index < -0.39 is 6.09 Å². The first kappa shape index (κ1) is 9.18. The van der Waals surface area contributed by atoms with Crippen molar-refractivity contribution in [1.82, 2.24) is 10.4 Å². The van der Waals surface area contributed by atoms with E-state index in [0.717, 1.165) is 0 Å². The van der Waals surface area contributed by atoms with E-state index in [-0.39, 0.29) is 0 Å². The second-order valence-electron chi connectivity index (χ2n) is 2.12. The summed E-state index contributed by atoms with van der Waals surface area (Å²) in [4.78, 5) is 14.5. The molecule has 5 heteroatoms. The molecule has 0 bridgehead atoms. The number of nitrogens with zero attached hydrogens (tertiary/aromatic N) is 2. The van der Waals surface area contributed by atoms with Crippen molar-refractivity contribution < 1.29 is 9.53 Å². The number of aromatic nitrogens is 1. The molecule has 0 aliphatic heterocycles. The maximum absolute atomic E-state index is 10.5. The van der Waals surface area contributed by atoms with Gasteiger partial charge in [-0.3, -0.25) is 4.98 Å². The predicted molar refractivity (Wildman–Crippen MR) is 47.4 cm³/mol. The fourth-order valence-electron chi connectivity index (χ4n) is 0.649. The summed E-state index contributed by atoms with van der Waals surface area (Å²) in [5, 5.41) is 3.60. The largest absolute Gasteiger partial charge is 0.452 e. The van der Waals surface area contributed by atoms with Gasteiger partial charge in [-0.05, 0) is 12.1 Å². The lowest BCUT2D eigenvalue weighted by Crippen LogP contribution is -2.16. The van der Waals surface area contributed by atoms with Gasteiger partial charge in [-0.2, -0.15) is 5.10 Å². The van der Waals surface area contributed by atoms with Crippen LogP contribution in [0.3, 0.4) is 0 Å². The summed E-state index contributed by atoms with van der Waals surface area (Å²) < 4.78 is 4.30. The quantitative estimate of drug-likeness (QED) is 0.538. The number of amides is 1. The SMILES string of the molecule is COC(=O)N/N=C\c1ccccn1. The maximum atomic E-state index is 10.5. The Hall–Kier alpha value is -1.91. The van der Waals surface area contributed by atoms with Crippen LogP contribution >= 0.6 is 0 Å². The number of hydrogen-bond acceptors (Lipinski definition) is 4. The van der Waals surface area contributed by atoms with E-state index in [4.69, 9.17) is 0 Å². The zero-order valence-electron chi connectivity index (χ0n) is 7.10. The van der Waals surface area contributed by atoms with Crippen LogP contribution < -0.4 is 5.43 Å². The van der Waals surface area contributed by atoms with Crippen LogP contribution in [0, 0.1) is 0 Å². The highest BCUT2D eigenvalue weighted by Gasteiger charge is 1.92. The molecule has 0 radical (unpaired) electrons. The highest BCUT2D eigenvalue weighted by molar-refractivity contribution is 5.78. The van der Waals surface area contributed by atoms with Gasteiger partial charge in [-0.25, -0.2) is 10.2 Å². The molecule has 5 nitrogen and oxygen atoms in total. The van der Waals surface area contributed by atoms with Gasteiger partial charge in [0.05, 0.1) is 19.0 Å². The third-order valence-corrected chi connectivity index (χ3v) is 1.23. The molecule has 0 aliphatic carbocycles. The van der Waals surface area contributed by atoms with E-state index in [0.29, 0.717) is 5.69 Å². The highest BCUT2D eigenvalue weighted by Crippen LogP contribution is 1.87. The van der Waals surface area contributed by atoms with Crippen LogP contribution in [0.15, 0.2) is 29.5 Å². The molecular weight excluding hydrogens is 170 g/mol. The smallest absolute Gasteiger partial charge is 0.427 e. The normalized spacial score (nSPS) is 9.92. The Kier molecular flexibility index (Phi) is 3.44. The topological polar surface area (TPSA) is 63.6 Å². The van der Waals surface area contributed by atoms with Crippen LogP contribution in [-0.2, 0) is 4.74 Å². The van der Waals surface area contributed by atoms with Crippen molar-refractivity contribution >= 4 is 12.3 Å². The van der Waals surface area contributed by atoms with E-state index in [2.05, 4.69) is 20.2 Å². The monoisotopic (exact) mass is 179 g/mol. The first-order valence-corrected chi connectivity index (χ1v) is 3.61. The molecule has 1 rings (SSSR count). The molecule has 0 saturated heterocycles. The summed E-state index contributed by atoms with van der Waals surface area (Å²) in [5.41, 5.74) is 2.81. The molecule has 0 spiro atoms. The van der Waals surface area contributed by atoms with E-state index in [1.807, 2.05) is 6.07 Å². The fraction of sp³-hybridized carbons (Fsp3) is 0.125. The molecule has 1 amide bonds. The Labute approximate surface area is 75.4 Å². The molecule has 0 fully saturated rings. The van der Waals surface area contributed by atoms with Crippen LogP contribution in [0.5, 0.6) is 0 Å². The van der Waals surface area contributed by atoms with Crippen molar-refractivity contribution in [2.24, 2.45) is 5.10 Å². The number of carbonyl (C=O) groups is 1. The standard InChI is InChI=1S/C8H9N3O2/c1-13-8(12)11-10-6-7-4-2-3-5-9-7/h2-6H,1H3,(H,11,12)/b10-6-. The van der Waals surface area contributed by atoms with Crippen LogP contribution in [0.25, 0.3) is 0 Å². The molecule has 0 unspecified atom stereocenters. The van der Waals surface area contributed by atoms with Crippen molar-refractivity contribution in [3.05, 3.63) is 30.1 Å².